The first-order valence-corrected chi connectivity index (χ1v) is 7.56. The van der Waals surface area contributed by atoms with Gasteiger partial charge in [0.25, 0.3) is 0 Å². The number of aliphatic imine (C=N–C) groups is 1. The van der Waals surface area contributed by atoms with Crippen molar-refractivity contribution in [3.63, 3.8) is 0 Å². The quantitative estimate of drug-likeness (QED) is 0.772. The van der Waals surface area contributed by atoms with Crippen LogP contribution in [0.5, 0.6) is 0 Å². The summed E-state index contributed by atoms with van der Waals surface area (Å²) in [5.74, 6) is 0.613. The van der Waals surface area contributed by atoms with Crippen molar-refractivity contribution >= 4 is 28.3 Å². The van der Waals surface area contributed by atoms with Crippen molar-refractivity contribution in [2.45, 2.75) is 13.8 Å². The highest BCUT2D eigenvalue weighted by Gasteiger charge is 2.18. The predicted molar refractivity (Wildman–Crippen MR) is 94.6 cm³/mol. The predicted octanol–water partition coefficient (Wildman–Crippen LogP) is 3.87. The largest absolute Gasteiger partial charge is 0.357 e. The smallest absolute Gasteiger partial charge is 0.224 e. The molecule has 1 aromatic carbocycles. The lowest BCUT2D eigenvalue weighted by molar-refractivity contribution is 1.18. The van der Waals surface area contributed by atoms with E-state index in [2.05, 4.69) is 49.5 Å². The monoisotopic (exact) mass is 303 g/mol. The minimum Gasteiger partial charge on any atom is -0.357 e. The third kappa shape index (κ3) is 2.12. The van der Waals surface area contributed by atoms with Crippen LogP contribution < -0.4 is 5.32 Å². The second-order valence-corrected chi connectivity index (χ2v) is 5.65. The van der Waals surface area contributed by atoms with E-state index in [9.17, 15) is 0 Å². The molecule has 3 aromatic rings. The molecular formula is C18H17N5. The number of benzene rings is 1. The molecule has 2 N–H and O–H groups in total. The summed E-state index contributed by atoms with van der Waals surface area (Å²) in [5.41, 5.74) is 7.74. The molecule has 0 saturated carbocycles. The van der Waals surface area contributed by atoms with E-state index in [-0.39, 0.29) is 0 Å². The lowest BCUT2D eigenvalue weighted by Crippen LogP contribution is -2.08. The number of hydrogen-bond acceptors (Lipinski definition) is 4. The van der Waals surface area contributed by atoms with Gasteiger partial charge in [-0.05, 0) is 31.0 Å². The number of hydrogen-bond donors (Lipinski definition) is 2. The van der Waals surface area contributed by atoms with Gasteiger partial charge < -0.3 is 10.3 Å². The lowest BCUT2D eigenvalue weighted by atomic mass is 9.93. The molecule has 23 heavy (non-hydrogen) atoms. The van der Waals surface area contributed by atoms with E-state index in [1.54, 1.807) is 0 Å². The Balaban J connectivity index is 1.81. The molecule has 2 aromatic heterocycles. The average molecular weight is 303 g/mol. The number of H-pyrrole nitrogens is 1. The van der Waals surface area contributed by atoms with Crippen LogP contribution in [0.1, 0.15) is 19.4 Å². The van der Waals surface area contributed by atoms with Gasteiger partial charge in [0.2, 0.25) is 5.95 Å². The molecule has 0 saturated heterocycles. The molecule has 0 aliphatic carbocycles. The Hall–Kier alpha value is -2.95. The molecule has 0 fully saturated rings. The van der Waals surface area contributed by atoms with Gasteiger partial charge in [0.05, 0.1) is 0 Å². The van der Waals surface area contributed by atoms with Gasteiger partial charge in [-0.2, -0.15) is 4.98 Å². The minimum absolute atomic E-state index is 0.613. The third-order valence-corrected chi connectivity index (χ3v) is 4.18. The molecule has 0 bridgehead atoms. The fourth-order valence-electron chi connectivity index (χ4n) is 3.10. The molecule has 0 spiro atoms. The fraction of sp³-hybridized carbons (Fsp3) is 0.167. The Morgan fingerprint density at radius 2 is 1.96 bits per heavy atom. The van der Waals surface area contributed by atoms with Gasteiger partial charge in [0.1, 0.15) is 5.65 Å². The summed E-state index contributed by atoms with van der Waals surface area (Å²) in [4.78, 5) is 16.4. The zero-order valence-electron chi connectivity index (χ0n) is 13.3. The molecule has 4 rings (SSSR count). The second-order valence-electron chi connectivity index (χ2n) is 5.65. The molecule has 5 nitrogen and oxygen atoms in total. The van der Waals surface area contributed by atoms with Crippen molar-refractivity contribution in [3.8, 4) is 11.1 Å². The van der Waals surface area contributed by atoms with Gasteiger partial charge >= 0.3 is 0 Å². The Labute approximate surface area is 134 Å². The van der Waals surface area contributed by atoms with Gasteiger partial charge in [-0.25, -0.2) is 4.98 Å². The molecule has 114 valence electrons. The minimum atomic E-state index is 0.613. The van der Waals surface area contributed by atoms with E-state index >= 15 is 0 Å². The van der Waals surface area contributed by atoms with Crippen molar-refractivity contribution in [1.82, 2.24) is 15.0 Å². The van der Waals surface area contributed by atoms with E-state index in [0.29, 0.717) is 5.95 Å². The van der Waals surface area contributed by atoms with Crippen LogP contribution in [-0.2, 0) is 0 Å². The van der Waals surface area contributed by atoms with Crippen LogP contribution in [0.3, 0.4) is 0 Å². The fourth-order valence-corrected chi connectivity index (χ4v) is 3.10. The van der Waals surface area contributed by atoms with Crippen LogP contribution >= 0.6 is 0 Å². The topological polar surface area (TPSA) is 66.0 Å². The highest BCUT2D eigenvalue weighted by Crippen LogP contribution is 2.33. The number of fused-ring (bicyclic) bond motifs is 1. The molecule has 0 radical (unpaired) electrons. The number of aromatic amines is 1. The number of rotatable bonds is 3. The van der Waals surface area contributed by atoms with Gasteiger partial charge in [0.15, 0.2) is 0 Å². The highest BCUT2D eigenvalue weighted by molar-refractivity contribution is 6.28. The normalized spacial score (nSPS) is 14.0. The number of anilines is 1. The maximum absolute atomic E-state index is 4.44. The summed E-state index contributed by atoms with van der Waals surface area (Å²) in [7, 11) is 1.81. The Kier molecular flexibility index (Phi) is 3.01. The number of nitrogens with zero attached hydrogens (tertiary/aromatic N) is 3. The SMILES string of the molecule is CNc1ncc2c(-c3cccc(C4=C(C)N=C4C)c3)c[nH]c2n1. The zero-order valence-corrected chi connectivity index (χ0v) is 13.3. The third-order valence-electron chi connectivity index (χ3n) is 4.18. The summed E-state index contributed by atoms with van der Waals surface area (Å²) in [6, 6.07) is 8.52. The van der Waals surface area contributed by atoms with E-state index < -0.39 is 0 Å². The van der Waals surface area contributed by atoms with Crippen LogP contribution in [0.15, 0.2) is 47.3 Å². The summed E-state index contributed by atoms with van der Waals surface area (Å²) in [6.45, 7) is 4.10. The van der Waals surface area contributed by atoms with Crippen LogP contribution in [0.4, 0.5) is 5.95 Å². The van der Waals surface area contributed by atoms with Gasteiger partial charge in [-0.3, -0.25) is 4.99 Å². The Morgan fingerprint density at radius 1 is 1.13 bits per heavy atom. The van der Waals surface area contributed by atoms with Gasteiger partial charge in [0, 0.05) is 47.4 Å². The van der Waals surface area contributed by atoms with E-state index in [0.717, 1.165) is 33.6 Å². The van der Waals surface area contributed by atoms with Crippen LogP contribution in [0.2, 0.25) is 0 Å². The molecule has 5 heteroatoms. The van der Waals surface area contributed by atoms with E-state index in [1.165, 1.54) is 11.1 Å². The first-order chi connectivity index (χ1) is 11.2. The molecule has 1 aliphatic heterocycles. The molecular weight excluding hydrogens is 286 g/mol. The van der Waals surface area contributed by atoms with E-state index in [1.807, 2.05) is 33.3 Å². The first-order valence-electron chi connectivity index (χ1n) is 7.56. The van der Waals surface area contributed by atoms with Gasteiger partial charge in [-0.15, -0.1) is 0 Å². The second kappa shape index (κ2) is 5.05. The summed E-state index contributed by atoms with van der Waals surface area (Å²) >= 11 is 0. The first kappa shape index (κ1) is 13.7. The standard InChI is InChI=1S/C18H17N5/c1-10-16(11(2)22-10)13-6-4-5-12(7-13)14-8-20-17-15(14)9-21-18(19-3)23-17/h4-9H,1-3H3,(H2,19,20,21,23). The van der Waals surface area contributed by atoms with Crippen molar-refractivity contribution in [2.75, 3.05) is 12.4 Å². The summed E-state index contributed by atoms with van der Waals surface area (Å²) < 4.78 is 0. The van der Waals surface area contributed by atoms with Crippen LogP contribution in [-0.4, -0.2) is 27.7 Å². The maximum atomic E-state index is 4.44. The molecule has 0 unspecified atom stereocenters. The van der Waals surface area contributed by atoms with Gasteiger partial charge in [-0.1, -0.05) is 18.2 Å². The summed E-state index contributed by atoms with van der Waals surface area (Å²) in [5, 5.41) is 3.97. The zero-order chi connectivity index (χ0) is 16.0. The molecule has 1 aliphatic rings. The van der Waals surface area contributed by atoms with Crippen LogP contribution in [0, 0.1) is 0 Å². The average Bonchev–Trinajstić information content (AvgIpc) is 2.97. The van der Waals surface area contributed by atoms with Crippen molar-refractivity contribution in [1.29, 1.82) is 0 Å². The van der Waals surface area contributed by atoms with Crippen molar-refractivity contribution in [2.24, 2.45) is 4.99 Å². The number of aromatic nitrogens is 3. The van der Waals surface area contributed by atoms with Crippen LogP contribution in [0.25, 0.3) is 27.7 Å². The van der Waals surface area contributed by atoms with E-state index in [4.69, 9.17) is 0 Å². The summed E-state index contributed by atoms with van der Waals surface area (Å²) in [6.07, 6.45) is 3.84. The Morgan fingerprint density at radius 3 is 2.70 bits per heavy atom. The number of nitrogens with one attached hydrogen (secondary N) is 2. The van der Waals surface area contributed by atoms with Crippen molar-refractivity contribution < 1.29 is 0 Å². The molecule has 0 amide bonds. The Bertz CT molecular complexity index is 978. The maximum Gasteiger partial charge on any atom is 0.224 e. The molecule has 0 atom stereocenters. The molecule has 3 heterocycles. The number of allylic oxidation sites excluding steroid dienone is 2. The highest BCUT2D eigenvalue weighted by atomic mass is 15.1. The lowest BCUT2D eigenvalue weighted by Gasteiger charge is -2.18. The van der Waals surface area contributed by atoms with Crippen molar-refractivity contribution in [3.05, 3.63) is 47.9 Å².